The molecule has 142 valence electrons. The lowest BCUT2D eigenvalue weighted by Crippen LogP contribution is -2.50. The van der Waals surface area contributed by atoms with Gasteiger partial charge in [0.2, 0.25) is 11.8 Å². The molecule has 0 saturated carbocycles. The number of carbonyl (C=O) groups excluding carboxylic acids is 3. The van der Waals surface area contributed by atoms with Gasteiger partial charge in [0, 0.05) is 25.1 Å². The first-order valence-corrected chi connectivity index (χ1v) is 8.76. The van der Waals surface area contributed by atoms with Crippen LogP contribution < -0.4 is 11.1 Å². The number of hydrogen-bond donors (Lipinski definition) is 2. The van der Waals surface area contributed by atoms with Crippen molar-refractivity contribution in [3.8, 4) is 0 Å². The molecule has 1 aliphatic rings. The third-order valence-corrected chi connectivity index (χ3v) is 4.37. The number of benzene rings is 1. The van der Waals surface area contributed by atoms with E-state index >= 15 is 0 Å². The van der Waals surface area contributed by atoms with Crippen molar-refractivity contribution < 1.29 is 19.1 Å². The summed E-state index contributed by atoms with van der Waals surface area (Å²) in [5.74, 6) is -0.923. The number of morpholine rings is 1. The van der Waals surface area contributed by atoms with Gasteiger partial charge < -0.3 is 20.7 Å². The first-order valence-electron chi connectivity index (χ1n) is 8.76. The van der Waals surface area contributed by atoms with Gasteiger partial charge in [0.25, 0.3) is 5.91 Å². The van der Waals surface area contributed by atoms with Crippen LogP contribution in [-0.2, 0) is 19.7 Å². The molecule has 0 aliphatic carbocycles. The molecule has 1 unspecified atom stereocenters. The molecule has 26 heavy (non-hydrogen) atoms. The first-order chi connectivity index (χ1) is 12.2. The Morgan fingerprint density at radius 3 is 2.46 bits per heavy atom. The molecule has 0 aromatic heterocycles. The molecule has 1 fully saturated rings. The molecule has 7 nitrogen and oxygen atoms in total. The average molecular weight is 361 g/mol. The summed E-state index contributed by atoms with van der Waals surface area (Å²) >= 11 is 0. The van der Waals surface area contributed by atoms with Crippen LogP contribution in [0.25, 0.3) is 0 Å². The summed E-state index contributed by atoms with van der Waals surface area (Å²) in [7, 11) is 0. The van der Waals surface area contributed by atoms with Gasteiger partial charge in [0.15, 0.2) is 6.10 Å². The van der Waals surface area contributed by atoms with Crippen molar-refractivity contribution in [3.05, 3.63) is 35.4 Å². The fourth-order valence-corrected chi connectivity index (χ4v) is 2.71. The van der Waals surface area contributed by atoms with Gasteiger partial charge in [-0.25, -0.2) is 0 Å². The van der Waals surface area contributed by atoms with Crippen molar-refractivity contribution in [1.29, 1.82) is 0 Å². The Labute approximate surface area is 153 Å². The van der Waals surface area contributed by atoms with Crippen molar-refractivity contribution in [2.75, 3.05) is 26.2 Å². The maximum atomic E-state index is 12.2. The van der Waals surface area contributed by atoms with Crippen LogP contribution in [0.3, 0.4) is 0 Å². The highest BCUT2D eigenvalue weighted by Gasteiger charge is 2.27. The minimum atomic E-state index is -0.761. The zero-order valence-electron chi connectivity index (χ0n) is 15.6. The van der Waals surface area contributed by atoms with Crippen LogP contribution in [0.4, 0.5) is 0 Å². The molecular formula is C19H27N3O4. The van der Waals surface area contributed by atoms with Crippen molar-refractivity contribution in [2.45, 2.75) is 38.7 Å². The molecule has 1 aromatic carbocycles. The molecule has 3 amide bonds. The summed E-state index contributed by atoms with van der Waals surface area (Å²) in [5.41, 5.74) is 6.96. The molecule has 3 N–H and O–H groups in total. The molecule has 1 heterocycles. The molecule has 0 bridgehead atoms. The lowest BCUT2D eigenvalue weighted by Gasteiger charge is -2.31. The summed E-state index contributed by atoms with van der Waals surface area (Å²) in [5, 5.41) is 2.75. The van der Waals surface area contributed by atoms with Crippen LogP contribution in [0.5, 0.6) is 0 Å². The minimum absolute atomic E-state index is 0.0301. The third kappa shape index (κ3) is 5.29. The maximum absolute atomic E-state index is 12.2. The summed E-state index contributed by atoms with van der Waals surface area (Å²) in [6, 6.07) is 7.46. The predicted molar refractivity (Wildman–Crippen MR) is 97.6 cm³/mol. The largest absolute Gasteiger partial charge is 0.367 e. The van der Waals surface area contributed by atoms with E-state index in [2.05, 4.69) is 26.1 Å². The Bertz CT molecular complexity index is 664. The van der Waals surface area contributed by atoms with E-state index in [9.17, 15) is 14.4 Å². The number of nitrogens with two attached hydrogens (primary N) is 1. The number of nitrogens with zero attached hydrogens (tertiary/aromatic N) is 1. The summed E-state index contributed by atoms with van der Waals surface area (Å²) in [4.78, 5) is 37.1. The van der Waals surface area contributed by atoms with Crippen molar-refractivity contribution in [1.82, 2.24) is 10.2 Å². The number of hydrogen-bond acceptors (Lipinski definition) is 4. The van der Waals surface area contributed by atoms with Gasteiger partial charge in [-0.1, -0.05) is 32.9 Å². The maximum Gasteiger partial charge on any atom is 0.251 e. The fourth-order valence-electron chi connectivity index (χ4n) is 2.71. The second-order valence-electron chi connectivity index (χ2n) is 7.43. The number of primary amides is 1. The number of amides is 3. The Morgan fingerprint density at radius 2 is 1.88 bits per heavy atom. The van der Waals surface area contributed by atoms with Crippen molar-refractivity contribution >= 4 is 17.7 Å². The molecule has 0 radical (unpaired) electrons. The highest BCUT2D eigenvalue weighted by atomic mass is 16.5. The Hall–Kier alpha value is -2.41. The highest BCUT2D eigenvalue weighted by molar-refractivity contribution is 5.94. The number of nitrogens with one attached hydrogen (secondary N) is 1. The van der Waals surface area contributed by atoms with Gasteiger partial charge in [-0.3, -0.25) is 14.4 Å². The van der Waals surface area contributed by atoms with Crippen molar-refractivity contribution in [3.63, 3.8) is 0 Å². The van der Waals surface area contributed by atoms with E-state index in [4.69, 9.17) is 10.5 Å². The predicted octanol–water partition coefficient (Wildman–Crippen LogP) is 0.817. The second-order valence-corrected chi connectivity index (χ2v) is 7.43. The van der Waals surface area contributed by atoms with E-state index in [-0.39, 0.29) is 43.3 Å². The molecule has 1 aliphatic heterocycles. The molecule has 2 rings (SSSR count). The SMILES string of the molecule is CC(C)(C)c1ccc(C(=O)NCCC(=O)N2CCOC(C(N)=O)C2)cc1. The summed E-state index contributed by atoms with van der Waals surface area (Å²) in [6.45, 7) is 7.44. The fraction of sp³-hybridized carbons (Fsp3) is 0.526. The zero-order chi connectivity index (χ0) is 19.3. The summed E-state index contributed by atoms with van der Waals surface area (Å²) < 4.78 is 5.22. The Kier molecular flexibility index (Phi) is 6.37. The van der Waals surface area contributed by atoms with Gasteiger partial charge in [-0.05, 0) is 23.1 Å². The van der Waals surface area contributed by atoms with E-state index < -0.39 is 12.0 Å². The standard InChI is InChI=1S/C19H27N3O4/c1-19(2,3)14-6-4-13(5-7-14)18(25)21-9-8-16(23)22-10-11-26-15(12-22)17(20)24/h4-7,15H,8-12H2,1-3H3,(H2,20,24)(H,21,25). The first kappa shape index (κ1) is 19.9. The van der Waals surface area contributed by atoms with Gasteiger partial charge in [0.05, 0.1) is 13.2 Å². The van der Waals surface area contributed by atoms with E-state index in [1.54, 1.807) is 17.0 Å². The Morgan fingerprint density at radius 1 is 1.23 bits per heavy atom. The average Bonchev–Trinajstić information content (AvgIpc) is 2.61. The number of carbonyl (C=O) groups is 3. The van der Waals surface area contributed by atoms with Gasteiger partial charge >= 0.3 is 0 Å². The van der Waals surface area contributed by atoms with Crippen LogP contribution in [0.2, 0.25) is 0 Å². The van der Waals surface area contributed by atoms with Gasteiger partial charge in [-0.15, -0.1) is 0 Å². The number of ether oxygens (including phenoxy) is 1. The Balaban J connectivity index is 1.80. The summed E-state index contributed by atoms with van der Waals surface area (Å²) in [6.07, 6.45) is -0.597. The monoisotopic (exact) mass is 361 g/mol. The van der Waals surface area contributed by atoms with E-state index in [0.717, 1.165) is 5.56 Å². The third-order valence-electron chi connectivity index (χ3n) is 4.37. The lowest BCUT2D eigenvalue weighted by molar-refractivity contribution is -0.145. The molecule has 7 heteroatoms. The highest BCUT2D eigenvalue weighted by Crippen LogP contribution is 2.22. The van der Waals surface area contributed by atoms with E-state index in [1.165, 1.54) is 0 Å². The molecule has 1 atom stereocenters. The lowest BCUT2D eigenvalue weighted by atomic mass is 9.87. The normalized spacial score (nSPS) is 17.7. The van der Waals surface area contributed by atoms with Gasteiger partial charge in [0.1, 0.15) is 0 Å². The molecule has 1 aromatic rings. The zero-order valence-corrected chi connectivity index (χ0v) is 15.6. The quantitative estimate of drug-likeness (QED) is 0.810. The van der Waals surface area contributed by atoms with E-state index in [1.807, 2.05) is 12.1 Å². The van der Waals surface area contributed by atoms with Crippen LogP contribution in [0.15, 0.2) is 24.3 Å². The van der Waals surface area contributed by atoms with E-state index in [0.29, 0.717) is 12.1 Å². The van der Waals surface area contributed by atoms with Gasteiger partial charge in [-0.2, -0.15) is 0 Å². The molecular weight excluding hydrogens is 334 g/mol. The van der Waals surface area contributed by atoms with Crippen molar-refractivity contribution in [2.24, 2.45) is 5.73 Å². The van der Waals surface area contributed by atoms with Crippen LogP contribution >= 0.6 is 0 Å². The molecule has 1 saturated heterocycles. The topological polar surface area (TPSA) is 102 Å². The van der Waals surface area contributed by atoms with Crippen LogP contribution in [0, 0.1) is 0 Å². The second kappa shape index (κ2) is 8.31. The molecule has 0 spiro atoms. The number of rotatable bonds is 5. The van der Waals surface area contributed by atoms with Crippen LogP contribution in [-0.4, -0.2) is 55.0 Å². The smallest absolute Gasteiger partial charge is 0.251 e. The minimum Gasteiger partial charge on any atom is -0.367 e. The van der Waals surface area contributed by atoms with Crippen LogP contribution in [0.1, 0.15) is 43.1 Å².